The molecule has 0 bridgehead atoms. The second-order valence-corrected chi connectivity index (χ2v) is 5.21. The molecular formula is C10H23NOS. The van der Waals surface area contributed by atoms with Crippen LogP contribution >= 0.6 is 11.8 Å². The van der Waals surface area contributed by atoms with Crippen molar-refractivity contribution >= 4 is 11.8 Å². The number of rotatable bonds is 7. The number of hydrogen-bond acceptors (Lipinski definition) is 3. The Morgan fingerprint density at radius 2 is 1.92 bits per heavy atom. The molecule has 80 valence electrons. The molecule has 13 heavy (non-hydrogen) atoms. The van der Waals surface area contributed by atoms with Crippen molar-refractivity contribution in [2.75, 3.05) is 18.9 Å². The molecule has 0 saturated heterocycles. The minimum atomic E-state index is 0.279. The van der Waals surface area contributed by atoms with E-state index in [1.165, 1.54) is 0 Å². The van der Waals surface area contributed by atoms with Crippen LogP contribution in [0.3, 0.4) is 0 Å². The molecule has 0 aromatic heterocycles. The molecule has 0 radical (unpaired) electrons. The molecule has 0 aromatic carbocycles. The lowest BCUT2D eigenvalue weighted by atomic mass is 10.1. The van der Waals surface area contributed by atoms with Crippen LogP contribution in [0.1, 0.15) is 27.7 Å². The van der Waals surface area contributed by atoms with Crippen LogP contribution in [0.4, 0.5) is 0 Å². The van der Waals surface area contributed by atoms with Gasteiger partial charge >= 0.3 is 0 Å². The normalized spacial score (nSPS) is 16.2. The van der Waals surface area contributed by atoms with Gasteiger partial charge in [-0.15, -0.1) is 0 Å². The Kier molecular flexibility index (Phi) is 7.81. The van der Waals surface area contributed by atoms with E-state index in [1.807, 2.05) is 11.8 Å². The number of nitrogens with one attached hydrogen (secondary N) is 1. The van der Waals surface area contributed by atoms with Gasteiger partial charge in [-0.05, 0) is 12.5 Å². The third kappa shape index (κ3) is 6.36. The van der Waals surface area contributed by atoms with Gasteiger partial charge in [0.05, 0.1) is 6.61 Å². The van der Waals surface area contributed by atoms with Crippen molar-refractivity contribution < 1.29 is 5.11 Å². The summed E-state index contributed by atoms with van der Waals surface area (Å²) in [5.74, 6) is 1.76. The Hall–Kier alpha value is 0.270. The standard InChI is InChI=1S/C10H23NOS/c1-5-11-10(8(2)3)7-13-9(4)6-12/h8-12H,5-7H2,1-4H3. The summed E-state index contributed by atoms with van der Waals surface area (Å²) in [7, 11) is 0. The Balaban J connectivity index is 3.68. The van der Waals surface area contributed by atoms with Crippen LogP contribution in [0.5, 0.6) is 0 Å². The van der Waals surface area contributed by atoms with Gasteiger partial charge in [-0.2, -0.15) is 11.8 Å². The second-order valence-electron chi connectivity index (χ2n) is 3.73. The van der Waals surface area contributed by atoms with Crippen LogP contribution in [0.25, 0.3) is 0 Å². The molecule has 0 aliphatic carbocycles. The Bertz CT molecular complexity index is 119. The zero-order valence-corrected chi connectivity index (χ0v) is 10.0. The van der Waals surface area contributed by atoms with Gasteiger partial charge in [-0.3, -0.25) is 0 Å². The smallest absolute Gasteiger partial charge is 0.0547 e. The average molecular weight is 205 g/mol. The van der Waals surface area contributed by atoms with Crippen molar-refractivity contribution in [3.63, 3.8) is 0 Å². The topological polar surface area (TPSA) is 32.3 Å². The van der Waals surface area contributed by atoms with E-state index in [1.54, 1.807) is 0 Å². The van der Waals surface area contributed by atoms with Gasteiger partial charge in [0.15, 0.2) is 0 Å². The highest BCUT2D eigenvalue weighted by Crippen LogP contribution is 2.14. The fourth-order valence-electron chi connectivity index (χ4n) is 1.07. The van der Waals surface area contributed by atoms with Gasteiger partial charge in [0.1, 0.15) is 0 Å². The first-order valence-corrected chi connectivity index (χ1v) is 6.12. The molecule has 0 aliphatic rings. The van der Waals surface area contributed by atoms with Gasteiger partial charge in [0.25, 0.3) is 0 Å². The van der Waals surface area contributed by atoms with E-state index in [2.05, 4.69) is 33.0 Å². The number of aliphatic hydroxyl groups excluding tert-OH is 1. The lowest BCUT2D eigenvalue weighted by Gasteiger charge is -2.22. The summed E-state index contributed by atoms with van der Waals surface area (Å²) >= 11 is 1.84. The molecule has 2 atom stereocenters. The number of thioether (sulfide) groups is 1. The summed E-state index contributed by atoms with van der Waals surface area (Å²) < 4.78 is 0. The molecule has 0 amide bonds. The third-order valence-electron chi connectivity index (χ3n) is 2.09. The molecule has 3 heteroatoms. The molecule has 2 unspecified atom stereocenters. The van der Waals surface area contributed by atoms with Crippen LogP contribution in [0, 0.1) is 5.92 Å². The molecule has 0 aromatic rings. The molecule has 0 spiro atoms. The van der Waals surface area contributed by atoms with E-state index >= 15 is 0 Å². The molecular weight excluding hydrogens is 182 g/mol. The Morgan fingerprint density at radius 3 is 2.31 bits per heavy atom. The highest BCUT2D eigenvalue weighted by molar-refractivity contribution is 7.99. The molecule has 0 rings (SSSR count). The molecule has 0 fully saturated rings. The minimum absolute atomic E-state index is 0.279. The van der Waals surface area contributed by atoms with Gasteiger partial charge < -0.3 is 10.4 Å². The predicted molar refractivity (Wildman–Crippen MR) is 61.3 cm³/mol. The van der Waals surface area contributed by atoms with Crippen molar-refractivity contribution in [2.45, 2.75) is 39.0 Å². The fourth-order valence-corrected chi connectivity index (χ4v) is 2.21. The maximum Gasteiger partial charge on any atom is 0.0547 e. The minimum Gasteiger partial charge on any atom is -0.395 e. The largest absolute Gasteiger partial charge is 0.395 e. The first-order valence-electron chi connectivity index (χ1n) is 5.07. The Morgan fingerprint density at radius 1 is 1.31 bits per heavy atom. The highest BCUT2D eigenvalue weighted by Gasteiger charge is 2.13. The zero-order chi connectivity index (χ0) is 10.3. The van der Waals surface area contributed by atoms with Gasteiger partial charge in [-0.25, -0.2) is 0 Å². The zero-order valence-electron chi connectivity index (χ0n) is 9.21. The SMILES string of the molecule is CCNC(CSC(C)CO)C(C)C. The van der Waals surface area contributed by atoms with Crippen molar-refractivity contribution in [1.29, 1.82) is 0 Å². The van der Waals surface area contributed by atoms with Crippen molar-refractivity contribution in [3.05, 3.63) is 0 Å². The van der Waals surface area contributed by atoms with Crippen molar-refractivity contribution in [2.24, 2.45) is 5.92 Å². The van der Waals surface area contributed by atoms with E-state index in [9.17, 15) is 0 Å². The lowest BCUT2D eigenvalue weighted by molar-refractivity contribution is 0.299. The first-order chi connectivity index (χ1) is 6.11. The molecule has 0 heterocycles. The lowest BCUT2D eigenvalue weighted by Crippen LogP contribution is -2.36. The van der Waals surface area contributed by atoms with Gasteiger partial charge in [-0.1, -0.05) is 27.7 Å². The third-order valence-corrected chi connectivity index (χ3v) is 3.36. The summed E-state index contributed by atoms with van der Waals surface area (Å²) in [4.78, 5) is 0. The van der Waals surface area contributed by atoms with Gasteiger partial charge in [0.2, 0.25) is 0 Å². The summed E-state index contributed by atoms with van der Waals surface area (Å²) in [5.41, 5.74) is 0. The van der Waals surface area contributed by atoms with Gasteiger partial charge in [0, 0.05) is 17.0 Å². The van der Waals surface area contributed by atoms with Crippen LogP contribution in [0.2, 0.25) is 0 Å². The summed E-state index contributed by atoms with van der Waals surface area (Å²) in [6.07, 6.45) is 0. The van der Waals surface area contributed by atoms with Crippen LogP contribution in [-0.4, -0.2) is 35.3 Å². The monoisotopic (exact) mass is 205 g/mol. The first kappa shape index (κ1) is 13.3. The highest BCUT2D eigenvalue weighted by atomic mass is 32.2. The fraction of sp³-hybridized carbons (Fsp3) is 1.00. The Labute approximate surface area is 86.5 Å². The maximum absolute atomic E-state index is 8.87. The molecule has 0 aliphatic heterocycles. The van der Waals surface area contributed by atoms with Crippen molar-refractivity contribution in [1.82, 2.24) is 5.32 Å². The maximum atomic E-state index is 8.87. The second kappa shape index (κ2) is 7.65. The molecule has 2 nitrogen and oxygen atoms in total. The molecule has 2 N–H and O–H groups in total. The van der Waals surface area contributed by atoms with E-state index in [4.69, 9.17) is 5.11 Å². The quantitative estimate of drug-likeness (QED) is 0.664. The van der Waals surface area contributed by atoms with E-state index < -0.39 is 0 Å². The van der Waals surface area contributed by atoms with E-state index in [0.717, 1.165) is 12.3 Å². The predicted octanol–water partition coefficient (Wildman–Crippen LogP) is 1.73. The molecule has 0 saturated carbocycles. The van der Waals surface area contributed by atoms with Crippen molar-refractivity contribution in [3.8, 4) is 0 Å². The number of aliphatic hydroxyl groups is 1. The summed E-state index contributed by atoms with van der Waals surface area (Å²) in [6.45, 7) is 9.97. The van der Waals surface area contributed by atoms with Crippen LogP contribution < -0.4 is 5.32 Å². The summed E-state index contributed by atoms with van der Waals surface area (Å²) in [5, 5.41) is 12.7. The van der Waals surface area contributed by atoms with Crippen LogP contribution in [-0.2, 0) is 0 Å². The summed E-state index contributed by atoms with van der Waals surface area (Å²) in [6, 6.07) is 0.573. The average Bonchev–Trinajstić information content (AvgIpc) is 2.11. The number of hydrogen-bond donors (Lipinski definition) is 2. The van der Waals surface area contributed by atoms with Crippen LogP contribution in [0.15, 0.2) is 0 Å². The van der Waals surface area contributed by atoms with E-state index in [0.29, 0.717) is 17.2 Å². The van der Waals surface area contributed by atoms with E-state index in [-0.39, 0.29) is 6.61 Å².